The summed E-state index contributed by atoms with van der Waals surface area (Å²) in [4.78, 5) is 9.19. The van der Waals surface area contributed by atoms with Crippen molar-refractivity contribution < 1.29 is 4.74 Å². The summed E-state index contributed by atoms with van der Waals surface area (Å²) in [6.45, 7) is 6.35. The van der Waals surface area contributed by atoms with Crippen LogP contribution in [0.2, 0.25) is 0 Å². The lowest BCUT2D eigenvalue weighted by molar-refractivity contribution is 0.0302. The van der Waals surface area contributed by atoms with Gasteiger partial charge in [0.2, 0.25) is 0 Å². The Kier molecular flexibility index (Phi) is 3.93. The molecule has 0 saturated carbocycles. The van der Waals surface area contributed by atoms with Crippen LogP contribution in [0, 0.1) is 6.92 Å². The second-order valence-electron chi connectivity index (χ2n) is 6.22. The summed E-state index contributed by atoms with van der Waals surface area (Å²) in [7, 11) is 0. The van der Waals surface area contributed by atoms with E-state index >= 15 is 0 Å². The summed E-state index contributed by atoms with van der Waals surface area (Å²) in [6.07, 6.45) is 2.08. The van der Waals surface area contributed by atoms with Gasteiger partial charge in [-0.1, -0.05) is 6.07 Å². The minimum absolute atomic E-state index is 0.232. The third-order valence-electron chi connectivity index (χ3n) is 4.57. The molecule has 0 unspecified atom stereocenters. The first-order valence-corrected chi connectivity index (χ1v) is 8.10. The molecule has 0 aliphatic carbocycles. The molecule has 6 heteroatoms. The van der Waals surface area contributed by atoms with Crippen LogP contribution in [0.1, 0.15) is 11.4 Å². The van der Waals surface area contributed by atoms with Crippen LogP contribution in [0.3, 0.4) is 0 Å². The maximum atomic E-state index is 5.99. The molecule has 4 rings (SSSR count). The maximum absolute atomic E-state index is 5.99. The van der Waals surface area contributed by atoms with Crippen LogP contribution >= 0.6 is 0 Å². The first-order chi connectivity index (χ1) is 11.3. The van der Waals surface area contributed by atoms with Crippen LogP contribution < -0.4 is 4.90 Å². The number of fused-ring (bicyclic) bond motifs is 1. The molecule has 2 fully saturated rings. The highest BCUT2D eigenvalue weighted by molar-refractivity contribution is 5.40. The summed E-state index contributed by atoms with van der Waals surface area (Å²) in [5.74, 6) is 0.952. The van der Waals surface area contributed by atoms with E-state index in [0.29, 0.717) is 6.04 Å². The Hall–Kier alpha value is -2.05. The fourth-order valence-corrected chi connectivity index (χ4v) is 3.44. The summed E-state index contributed by atoms with van der Waals surface area (Å²) in [6, 6.07) is 10.5. The van der Waals surface area contributed by atoms with E-state index in [9.17, 15) is 0 Å². The zero-order valence-corrected chi connectivity index (χ0v) is 13.3. The second-order valence-corrected chi connectivity index (χ2v) is 6.22. The lowest BCUT2D eigenvalue weighted by atomic mass is 10.1. The Bertz CT molecular complexity index is 648. The van der Waals surface area contributed by atoms with Crippen molar-refractivity contribution in [3.8, 4) is 0 Å². The van der Waals surface area contributed by atoms with Crippen molar-refractivity contribution in [3.05, 3.63) is 47.9 Å². The first kappa shape index (κ1) is 14.5. The van der Waals surface area contributed by atoms with Gasteiger partial charge in [-0.05, 0) is 31.2 Å². The Morgan fingerprint density at radius 2 is 2.13 bits per heavy atom. The molecule has 2 aliphatic rings. The van der Waals surface area contributed by atoms with Crippen LogP contribution in [-0.2, 0) is 11.3 Å². The van der Waals surface area contributed by atoms with Crippen molar-refractivity contribution in [3.63, 3.8) is 0 Å². The molecule has 0 spiro atoms. The molecule has 0 amide bonds. The van der Waals surface area contributed by atoms with Gasteiger partial charge in [-0.3, -0.25) is 9.88 Å². The fourth-order valence-electron chi connectivity index (χ4n) is 3.44. The van der Waals surface area contributed by atoms with E-state index in [-0.39, 0.29) is 6.10 Å². The van der Waals surface area contributed by atoms with Gasteiger partial charge in [0, 0.05) is 32.4 Å². The van der Waals surface area contributed by atoms with Crippen molar-refractivity contribution in [1.29, 1.82) is 0 Å². The van der Waals surface area contributed by atoms with E-state index in [0.717, 1.165) is 50.0 Å². The van der Waals surface area contributed by atoms with Gasteiger partial charge < -0.3 is 9.64 Å². The Morgan fingerprint density at radius 3 is 2.91 bits per heavy atom. The average Bonchev–Trinajstić information content (AvgIpc) is 2.99. The number of hydrogen-bond acceptors (Lipinski definition) is 6. The monoisotopic (exact) mass is 311 g/mol. The van der Waals surface area contributed by atoms with E-state index in [1.54, 1.807) is 0 Å². The molecule has 4 heterocycles. The molecule has 0 radical (unpaired) electrons. The van der Waals surface area contributed by atoms with Gasteiger partial charge in [0.05, 0.1) is 30.1 Å². The van der Waals surface area contributed by atoms with Crippen LogP contribution in [0.5, 0.6) is 0 Å². The minimum atomic E-state index is 0.232. The Labute approximate surface area is 136 Å². The molecule has 2 saturated heterocycles. The second kappa shape index (κ2) is 6.22. The van der Waals surface area contributed by atoms with E-state index in [1.807, 2.05) is 31.3 Å². The number of aromatic nitrogens is 3. The number of rotatable bonds is 3. The number of aryl methyl sites for hydroxylation is 1. The van der Waals surface area contributed by atoms with Gasteiger partial charge in [-0.15, -0.1) is 5.10 Å². The predicted molar refractivity (Wildman–Crippen MR) is 87.2 cm³/mol. The van der Waals surface area contributed by atoms with Gasteiger partial charge in [-0.2, -0.15) is 5.10 Å². The quantitative estimate of drug-likeness (QED) is 0.851. The smallest absolute Gasteiger partial charge is 0.151 e. The number of likely N-dealkylation sites (tertiary alicyclic amines) is 1. The molecule has 2 aromatic heterocycles. The molecule has 6 nitrogen and oxygen atoms in total. The number of hydrogen-bond donors (Lipinski definition) is 0. The zero-order chi connectivity index (χ0) is 15.6. The average molecular weight is 311 g/mol. The molecule has 2 aromatic rings. The molecule has 23 heavy (non-hydrogen) atoms. The van der Waals surface area contributed by atoms with Gasteiger partial charge >= 0.3 is 0 Å². The van der Waals surface area contributed by atoms with E-state index in [2.05, 4.69) is 37.1 Å². The van der Waals surface area contributed by atoms with Crippen molar-refractivity contribution in [2.24, 2.45) is 0 Å². The third-order valence-corrected chi connectivity index (χ3v) is 4.57. The fraction of sp³-hybridized carbons (Fsp3) is 0.471. The largest absolute Gasteiger partial charge is 0.373 e. The highest BCUT2D eigenvalue weighted by atomic mass is 16.5. The van der Waals surface area contributed by atoms with Crippen molar-refractivity contribution >= 4 is 5.82 Å². The van der Waals surface area contributed by atoms with E-state index in [1.165, 1.54) is 0 Å². The third kappa shape index (κ3) is 3.04. The van der Waals surface area contributed by atoms with Gasteiger partial charge in [0.25, 0.3) is 0 Å². The summed E-state index contributed by atoms with van der Waals surface area (Å²) < 4.78 is 5.99. The Balaban J connectivity index is 1.49. The highest BCUT2D eigenvalue weighted by Gasteiger charge is 2.40. The Morgan fingerprint density at radius 1 is 1.17 bits per heavy atom. The molecule has 0 bridgehead atoms. The molecular formula is C17H21N5O. The summed E-state index contributed by atoms with van der Waals surface area (Å²) >= 11 is 0. The topological polar surface area (TPSA) is 54.4 Å². The van der Waals surface area contributed by atoms with Gasteiger partial charge in [-0.25, -0.2) is 0 Å². The minimum Gasteiger partial charge on any atom is -0.373 e. The lowest BCUT2D eigenvalue weighted by Crippen LogP contribution is -2.51. The van der Waals surface area contributed by atoms with Crippen molar-refractivity contribution in [2.45, 2.75) is 25.6 Å². The molecule has 120 valence electrons. The number of nitrogens with zero attached hydrogens (tertiary/aromatic N) is 5. The van der Waals surface area contributed by atoms with E-state index < -0.39 is 0 Å². The maximum Gasteiger partial charge on any atom is 0.151 e. The lowest BCUT2D eigenvalue weighted by Gasteiger charge is -2.37. The van der Waals surface area contributed by atoms with E-state index in [4.69, 9.17) is 4.74 Å². The molecular weight excluding hydrogens is 290 g/mol. The molecule has 0 N–H and O–H groups in total. The molecule has 0 aromatic carbocycles. The number of ether oxygens (including phenoxy) is 1. The van der Waals surface area contributed by atoms with Gasteiger partial charge in [0.15, 0.2) is 5.82 Å². The molecule has 2 aliphatic heterocycles. The van der Waals surface area contributed by atoms with Gasteiger partial charge in [0.1, 0.15) is 0 Å². The number of morpholine rings is 1. The SMILES string of the molecule is Cc1ccc(N2CCO[C@H]3CN(Cc4ccccn4)C[C@H]32)nn1. The summed E-state index contributed by atoms with van der Waals surface area (Å²) in [5, 5.41) is 8.56. The standard InChI is InChI=1S/C17H21N5O/c1-13-5-6-17(20-19-13)22-8-9-23-16-12-21(11-15(16)22)10-14-4-2-3-7-18-14/h2-7,15-16H,8-12H2,1H3/t15-,16+/m1/s1. The molecule has 2 atom stereocenters. The predicted octanol–water partition coefficient (Wildman–Crippen LogP) is 1.27. The zero-order valence-electron chi connectivity index (χ0n) is 13.3. The normalized spacial score (nSPS) is 24.7. The van der Waals surface area contributed by atoms with Crippen LogP contribution in [0.25, 0.3) is 0 Å². The van der Waals surface area contributed by atoms with Crippen LogP contribution in [-0.4, -0.2) is 58.5 Å². The highest BCUT2D eigenvalue weighted by Crippen LogP contribution is 2.27. The van der Waals surface area contributed by atoms with Crippen LogP contribution in [0.15, 0.2) is 36.5 Å². The van der Waals surface area contributed by atoms with Crippen molar-refractivity contribution in [2.75, 3.05) is 31.1 Å². The number of anilines is 1. The van der Waals surface area contributed by atoms with Crippen molar-refractivity contribution in [1.82, 2.24) is 20.1 Å². The number of pyridine rings is 1. The first-order valence-electron chi connectivity index (χ1n) is 8.10. The van der Waals surface area contributed by atoms with Crippen LogP contribution in [0.4, 0.5) is 5.82 Å². The summed E-state index contributed by atoms with van der Waals surface area (Å²) in [5.41, 5.74) is 2.05.